The molecule has 29 heavy (non-hydrogen) atoms. The predicted octanol–water partition coefficient (Wildman–Crippen LogP) is 3.72. The van der Waals surface area contributed by atoms with Crippen molar-refractivity contribution in [3.8, 4) is 0 Å². The molecule has 7 nitrogen and oxygen atoms in total. The number of carbonyl (C=O) groups is 1. The number of hydrogen-bond acceptors (Lipinski definition) is 5. The van der Waals surface area contributed by atoms with Gasteiger partial charge in [-0.05, 0) is 61.7 Å². The molecule has 9 heteroatoms. The van der Waals surface area contributed by atoms with Crippen LogP contribution in [0.25, 0.3) is 0 Å². The normalized spacial score (nSPS) is 14.5. The minimum Gasteiger partial charge on any atom is -0.375 e. The van der Waals surface area contributed by atoms with Gasteiger partial charge in [0.2, 0.25) is 5.91 Å². The number of methoxy groups -OCH3 is 1. The third-order valence-electron chi connectivity index (χ3n) is 4.60. The van der Waals surface area contributed by atoms with Gasteiger partial charge in [0, 0.05) is 36.6 Å². The Bertz CT molecular complexity index is 958. The zero-order valence-electron chi connectivity index (χ0n) is 16.2. The maximum absolute atomic E-state index is 13.2. The van der Waals surface area contributed by atoms with Gasteiger partial charge in [0.15, 0.2) is 0 Å². The Morgan fingerprint density at radius 2 is 1.72 bits per heavy atom. The molecule has 1 heterocycles. The van der Waals surface area contributed by atoms with Gasteiger partial charge < -0.3 is 15.0 Å². The van der Waals surface area contributed by atoms with Crippen LogP contribution in [0.4, 0.5) is 17.1 Å². The van der Waals surface area contributed by atoms with Gasteiger partial charge in [0.1, 0.15) is 11.5 Å². The van der Waals surface area contributed by atoms with Crippen LogP contribution in [-0.4, -0.2) is 41.1 Å². The fourth-order valence-electron chi connectivity index (χ4n) is 3.26. The number of hydrogen-bond donors (Lipinski definition) is 2. The summed E-state index contributed by atoms with van der Waals surface area (Å²) in [6.07, 6.45) is 3.15. The van der Waals surface area contributed by atoms with Crippen molar-refractivity contribution in [2.24, 2.45) is 0 Å². The van der Waals surface area contributed by atoms with E-state index in [0.717, 1.165) is 32.4 Å². The number of carbonyl (C=O) groups excluding carboxylic acids is 1. The number of sulfonamides is 1. The lowest BCUT2D eigenvalue weighted by molar-refractivity contribution is -0.119. The van der Waals surface area contributed by atoms with E-state index >= 15 is 0 Å². The van der Waals surface area contributed by atoms with Gasteiger partial charge in [0.25, 0.3) is 10.0 Å². The first kappa shape index (κ1) is 21.4. The van der Waals surface area contributed by atoms with Crippen molar-refractivity contribution >= 4 is 44.6 Å². The van der Waals surface area contributed by atoms with Crippen LogP contribution in [0.3, 0.4) is 0 Å². The number of rotatable bonds is 7. The number of halogens is 1. The van der Waals surface area contributed by atoms with E-state index < -0.39 is 10.0 Å². The highest BCUT2D eigenvalue weighted by Crippen LogP contribution is 2.32. The summed E-state index contributed by atoms with van der Waals surface area (Å²) in [5.74, 6) is -0.354. The van der Waals surface area contributed by atoms with Gasteiger partial charge in [-0.15, -0.1) is 0 Å². The highest BCUT2D eigenvalue weighted by Gasteiger charge is 2.24. The van der Waals surface area contributed by atoms with Crippen molar-refractivity contribution in [1.82, 2.24) is 0 Å². The molecule has 0 atom stereocenters. The SMILES string of the molecule is COCC(=O)Nc1ccc(N2CCCCC2)c(S(=O)(=O)Nc2ccc(Cl)cc2)c1. The largest absolute Gasteiger partial charge is 0.375 e. The maximum Gasteiger partial charge on any atom is 0.264 e. The minimum absolute atomic E-state index is 0.112. The molecule has 2 aromatic carbocycles. The molecule has 2 N–H and O–H groups in total. The maximum atomic E-state index is 13.2. The molecule has 1 aliphatic heterocycles. The van der Waals surface area contributed by atoms with Gasteiger partial charge in [-0.25, -0.2) is 8.42 Å². The Balaban J connectivity index is 1.96. The van der Waals surface area contributed by atoms with E-state index in [-0.39, 0.29) is 17.4 Å². The molecule has 1 aliphatic rings. The van der Waals surface area contributed by atoms with Crippen LogP contribution < -0.4 is 14.9 Å². The Morgan fingerprint density at radius 3 is 2.38 bits per heavy atom. The second kappa shape index (κ2) is 9.47. The van der Waals surface area contributed by atoms with Crippen molar-refractivity contribution in [2.45, 2.75) is 24.2 Å². The highest BCUT2D eigenvalue weighted by atomic mass is 35.5. The van der Waals surface area contributed by atoms with Gasteiger partial charge >= 0.3 is 0 Å². The molecule has 2 aromatic rings. The summed E-state index contributed by atoms with van der Waals surface area (Å²) < 4.78 is 33.8. The summed E-state index contributed by atoms with van der Waals surface area (Å²) in [5.41, 5.74) is 1.42. The van der Waals surface area contributed by atoms with Crippen LogP contribution in [0.1, 0.15) is 19.3 Å². The number of piperidine rings is 1. The lowest BCUT2D eigenvalue weighted by atomic mass is 10.1. The van der Waals surface area contributed by atoms with E-state index in [4.69, 9.17) is 16.3 Å². The Morgan fingerprint density at radius 1 is 1.07 bits per heavy atom. The second-order valence-corrected chi connectivity index (χ2v) is 8.91. The molecular weight excluding hydrogens is 414 g/mol. The Labute approximate surface area is 176 Å². The third-order valence-corrected chi connectivity index (χ3v) is 6.26. The Hall–Kier alpha value is -2.29. The molecule has 0 unspecified atom stereocenters. The smallest absolute Gasteiger partial charge is 0.264 e. The quantitative estimate of drug-likeness (QED) is 0.689. The van der Waals surface area contributed by atoms with E-state index in [2.05, 4.69) is 14.9 Å². The van der Waals surface area contributed by atoms with Crippen LogP contribution >= 0.6 is 11.6 Å². The number of anilines is 3. The first-order valence-electron chi connectivity index (χ1n) is 9.35. The van der Waals surface area contributed by atoms with Crippen LogP contribution in [0.5, 0.6) is 0 Å². The number of benzene rings is 2. The van der Waals surface area contributed by atoms with E-state index in [1.54, 1.807) is 36.4 Å². The number of nitrogens with zero attached hydrogens (tertiary/aromatic N) is 1. The summed E-state index contributed by atoms with van der Waals surface area (Å²) in [7, 11) is -2.47. The lowest BCUT2D eigenvalue weighted by Crippen LogP contribution is -2.31. The standard InChI is InChI=1S/C20H24ClN3O4S/c1-28-14-20(25)22-17-9-10-18(24-11-3-2-4-12-24)19(13-17)29(26,27)23-16-7-5-15(21)6-8-16/h5-10,13,23H,2-4,11-12,14H2,1H3,(H,22,25). The number of amides is 1. The highest BCUT2D eigenvalue weighted by molar-refractivity contribution is 7.92. The first-order valence-corrected chi connectivity index (χ1v) is 11.2. The summed E-state index contributed by atoms with van der Waals surface area (Å²) in [4.78, 5) is 14.0. The van der Waals surface area contributed by atoms with Gasteiger partial charge in [0.05, 0.1) is 5.69 Å². The summed E-state index contributed by atoms with van der Waals surface area (Å²) in [6.45, 7) is 1.47. The monoisotopic (exact) mass is 437 g/mol. The van der Waals surface area contributed by atoms with E-state index in [9.17, 15) is 13.2 Å². The fourth-order valence-corrected chi connectivity index (χ4v) is 4.70. The first-order chi connectivity index (χ1) is 13.9. The van der Waals surface area contributed by atoms with Crippen molar-refractivity contribution < 1.29 is 17.9 Å². The van der Waals surface area contributed by atoms with E-state index in [0.29, 0.717) is 22.1 Å². The molecule has 156 valence electrons. The molecule has 0 spiro atoms. The van der Waals surface area contributed by atoms with Crippen molar-refractivity contribution in [1.29, 1.82) is 0 Å². The minimum atomic E-state index is -3.89. The Kier molecular flexibility index (Phi) is 7.00. The zero-order valence-corrected chi connectivity index (χ0v) is 17.7. The summed E-state index contributed by atoms with van der Waals surface area (Å²) in [6, 6.07) is 11.4. The zero-order chi connectivity index (χ0) is 20.9. The average Bonchev–Trinajstić information content (AvgIpc) is 2.70. The molecule has 3 rings (SSSR count). The number of ether oxygens (including phenoxy) is 1. The van der Waals surface area contributed by atoms with Crippen molar-refractivity contribution in [3.05, 3.63) is 47.5 Å². The molecule has 0 bridgehead atoms. The predicted molar refractivity (Wildman–Crippen MR) is 115 cm³/mol. The molecule has 1 saturated heterocycles. The number of nitrogens with one attached hydrogen (secondary N) is 2. The van der Waals surface area contributed by atoms with Crippen LogP contribution in [-0.2, 0) is 19.6 Å². The average molecular weight is 438 g/mol. The molecule has 1 fully saturated rings. The van der Waals surface area contributed by atoms with Gasteiger partial charge in [-0.3, -0.25) is 9.52 Å². The van der Waals surface area contributed by atoms with Gasteiger partial charge in [-0.1, -0.05) is 11.6 Å². The molecule has 1 amide bonds. The van der Waals surface area contributed by atoms with Crippen LogP contribution in [0.2, 0.25) is 5.02 Å². The third kappa shape index (κ3) is 5.62. The van der Waals surface area contributed by atoms with Gasteiger partial charge in [-0.2, -0.15) is 0 Å². The van der Waals surface area contributed by atoms with Crippen molar-refractivity contribution in [3.63, 3.8) is 0 Å². The lowest BCUT2D eigenvalue weighted by Gasteiger charge is -2.30. The fraction of sp³-hybridized carbons (Fsp3) is 0.350. The van der Waals surface area contributed by atoms with Crippen LogP contribution in [0, 0.1) is 0 Å². The second-order valence-electron chi connectivity index (χ2n) is 6.82. The molecular formula is C20H24ClN3O4S. The summed E-state index contributed by atoms with van der Waals surface area (Å²) >= 11 is 5.89. The topological polar surface area (TPSA) is 87.7 Å². The molecule has 0 aliphatic carbocycles. The van der Waals surface area contributed by atoms with E-state index in [1.165, 1.54) is 13.2 Å². The molecule has 0 radical (unpaired) electrons. The molecule has 0 aromatic heterocycles. The van der Waals surface area contributed by atoms with E-state index in [1.807, 2.05) is 0 Å². The van der Waals surface area contributed by atoms with Crippen LogP contribution in [0.15, 0.2) is 47.4 Å². The van der Waals surface area contributed by atoms with Crippen molar-refractivity contribution in [2.75, 3.05) is 41.7 Å². The molecule has 0 saturated carbocycles. The summed E-state index contributed by atoms with van der Waals surface area (Å²) in [5, 5.41) is 3.18.